The van der Waals surface area contributed by atoms with Gasteiger partial charge in [0.1, 0.15) is 5.91 Å². The van der Waals surface area contributed by atoms with Gasteiger partial charge in [0.05, 0.1) is 29.3 Å². The maximum Gasteiger partial charge on any atom is 0.469 e. The van der Waals surface area contributed by atoms with Crippen molar-refractivity contribution in [2.24, 2.45) is 0 Å². The largest absolute Gasteiger partial charge is 0.469 e. The normalized spacial score (nSPS) is 13.1. The molecule has 0 aliphatic heterocycles. The van der Waals surface area contributed by atoms with Gasteiger partial charge in [-0.1, -0.05) is 25.8 Å². The van der Waals surface area contributed by atoms with Crippen LogP contribution in [0.3, 0.4) is 0 Å². The third kappa shape index (κ3) is 44.9. The van der Waals surface area contributed by atoms with E-state index < -0.39 is 76.5 Å². The Bertz CT molecular complexity index is 1360. The van der Waals surface area contributed by atoms with Crippen LogP contribution in [-0.2, 0) is 53.9 Å². The summed E-state index contributed by atoms with van der Waals surface area (Å²) < 4.78 is 53.7. The van der Waals surface area contributed by atoms with Crippen LogP contribution in [0.1, 0.15) is 40.0 Å². The van der Waals surface area contributed by atoms with Crippen molar-refractivity contribution >= 4 is 94.5 Å². The first-order valence-corrected chi connectivity index (χ1v) is 49.8. The SMILES string of the molecule is C=C(C)C(=O)OCCC[SiH2]C(O[Si](C)(C)C)O[Si](C)(C)C.C=C(C)C(=O)OCCC[Si](C)(C)O[Si](C)(C)C.C=C(C)C(=O)OCCC[Si](O[Si](C)(C)C)(O[Si](C)(C)C)O[Si](C)(C)C. The zero-order valence-corrected chi connectivity index (χ0v) is 54.1. The summed E-state index contributed by atoms with van der Waals surface area (Å²) in [5, 5.41) is 0. The summed E-state index contributed by atoms with van der Waals surface area (Å²) in [7, 11) is -15.1. The molecule has 12 nitrogen and oxygen atoms in total. The van der Waals surface area contributed by atoms with E-state index in [1.807, 2.05) is 0 Å². The fraction of sp³-hybridized carbons (Fsp3) is 0.786. The Morgan fingerprint density at radius 3 is 0.984 bits per heavy atom. The summed E-state index contributed by atoms with van der Waals surface area (Å²) in [6.45, 7) is 60.7. The average Bonchev–Trinajstić information content (AvgIpc) is 2.99. The second-order valence-electron chi connectivity index (χ2n) is 22.6. The van der Waals surface area contributed by atoms with E-state index in [4.69, 9.17) is 39.5 Å². The first-order chi connectivity index (χ1) is 27.9. The van der Waals surface area contributed by atoms with E-state index in [1.54, 1.807) is 20.8 Å². The zero-order chi connectivity index (χ0) is 50.5. The van der Waals surface area contributed by atoms with Gasteiger partial charge in [-0.05, 0) is 177 Å². The van der Waals surface area contributed by atoms with Gasteiger partial charge in [0.25, 0.3) is 0 Å². The Balaban J connectivity index is -0.000000873. The monoisotopic (exact) mass is 1040 g/mol. The molecule has 0 aromatic carbocycles. The van der Waals surface area contributed by atoms with E-state index in [1.165, 1.54) is 0 Å². The highest BCUT2D eigenvalue weighted by Crippen LogP contribution is 2.30. The molecule has 0 rings (SSSR count). The van der Waals surface area contributed by atoms with Crippen molar-refractivity contribution in [3.63, 3.8) is 0 Å². The molecule has 0 saturated heterocycles. The average molecular weight is 1050 g/mol. The van der Waals surface area contributed by atoms with Gasteiger partial charge in [-0.15, -0.1) is 0 Å². The van der Waals surface area contributed by atoms with E-state index >= 15 is 0 Å². The highest BCUT2D eigenvalue weighted by Gasteiger charge is 2.49. The summed E-state index contributed by atoms with van der Waals surface area (Å²) in [6, 6.07) is 2.76. The molecule has 0 aliphatic carbocycles. The smallest absolute Gasteiger partial charge is 0.462 e. The molecule has 0 saturated carbocycles. The second kappa shape index (κ2) is 29.3. The van der Waals surface area contributed by atoms with Gasteiger partial charge in [0.15, 0.2) is 58.2 Å². The van der Waals surface area contributed by atoms with Gasteiger partial charge in [-0.3, -0.25) is 0 Å². The van der Waals surface area contributed by atoms with E-state index in [0.717, 1.165) is 24.9 Å². The molecule has 0 heterocycles. The lowest BCUT2D eigenvalue weighted by atomic mass is 10.4. The fourth-order valence-electron chi connectivity index (χ4n) is 5.49. The minimum atomic E-state index is -2.83. The first kappa shape index (κ1) is 66.6. The number of hydrogen-bond donors (Lipinski definition) is 0. The number of ether oxygens (including phenoxy) is 3. The quantitative estimate of drug-likeness (QED) is 0.0184. The number of esters is 3. The molecule has 21 heteroatoms. The van der Waals surface area contributed by atoms with Crippen LogP contribution in [0.4, 0.5) is 0 Å². The maximum absolute atomic E-state index is 11.6. The minimum Gasteiger partial charge on any atom is -0.462 e. The summed E-state index contributed by atoms with van der Waals surface area (Å²) in [5.74, 6) is -0.934. The molecule has 0 spiro atoms. The van der Waals surface area contributed by atoms with Gasteiger partial charge >= 0.3 is 26.7 Å². The molecule has 0 radical (unpaired) electrons. The Morgan fingerprint density at radius 1 is 0.429 bits per heavy atom. The van der Waals surface area contributed by atoms with Crippen LogP contribution in [-0.4, -0.2) is 120 Å². The molecule has 63 heavy (non-hydrogen) atoms. The highest BCUT2D eigenvalue weighted by atomic mass is 28.5. The Hall–Kier alpha value is -0.658. The van der Waals surface area contributed by atoms with Crippen molar-refractivity contribution in [2.75, 3.05) is 19.8 Å². The van der Waals surface area contributed by atoms with Gasteiger partial charge in [-0.25, -0.2) is 14.4 Å². The summed E-state index contributed by atoms with van der Waals surface area (Å²) in [4.78, 5) is 34.0. The van der Waals surface area contributed by atoms with E-state index in [-0.39, 0.29) is 23.8 Å². The standard InChI is InChI=1S/C16H38O5Si4.C14H32O4Si3.C12H26O3Si2/c1-15(2)16(17)18-13-12-14-25(19-22(3,4)5,20-23(6,7)8)21-24(9,10)11;1-12(2)13(15)16-10-9-11-19-14(17-20(3,4)5)18-21(6,7)8;1-11(2)12(13)14-9-8-10-17(6,7)15-16(3,4)5/h1,12-14H2,2-11H3;14H,1,9-11,19H2,2-8H3;1,8-10H2,2-7H3. The molecule has 0 fully saturated rings. The lowest BCUT2D eigenvalue weighted by Crippen LogP contribution is -2.60. The second-order valence-corrected chi connectivity index (χ2v) is 59.6. The highest BCUT2D eigenvalue weighted by molar-refractivity contribution is 6.90. The lowest BCUT2D eigenvalue weighted by Gasteiger charge is -2.42. The van der Waals surface area contributed by atoms with Crippen molar-refractivity contribution in [1.29, 1.82) is 0 Å². The zero-order valence-electron chi connectivity index (χ0n) is 44.7. The molecule has 0 amide bonds. The minimum absolute atomic E-state index is 0.0141. The van der Waals surface area contributed by atoms with Crippen LogP contribution < -0.4 is 0 Å². The van der Waals surface area contributed by atoms with Crippen molar-refractivity contribution in [1.82, 2.24) is 0 Å². The van der Waals surface area contributed by atoms with Crippen molar-refractivity contribution < 1.29 is 53.9 Å². The maximum atomic E-state index is 11.6. The van der Waals surface area contributed by atoms with Gasteiger partial charge in [0.2, 0.25) is 0 Å². The van der Waals surface area contributed by atoms with Gasteiger partial charge in [-0.2, -0.15) is 0 Å². The Labute approximate surface area is 397 Å². The topological polar surface area (TPSA) is 134 Å². The predicted octanol–water partition coefficient (Wildman–Crippen LogP) is 11.6. The molecule has 0 aromatic rings. The number of carbonyl (C=O) groups is 3. The van der Waals surface area contributed by atoms with Crippen molar-refractivity contribution in [3.05, 3.63) is 36.5 Å². The molecule has 0 bridgehead atoms. The summed E-state index contributed by atoms with van der Waals surface area (Å²) in [6.07, 6.45) is 2.43. The predicted molar refractivity (Wildman–Crippen MR) is 288 cm³/mol. The van der Waals surface area contributed by atoms with E-state index in [2.05, 4.69) is 151 Å². The van der Waals surface area contributed by atoms with Crippen LogP contribution in [0.5, 0.6) is 0 Å². The third-order valence-electron chi connectivity index (χ3n) is 7.07. The molecule has 0 N–H and O–H groups in total. The van der Waals surface area contributed by atoms with Gasteiger partial charge in [0, 0.05) is 22.8 Å². The number of carbonyl (C=O) groups excluding carboxylic acids is 3. The van der Waals surface area contributed by atoms with Crippen molar-refractivity contribution in [2.45, 2.75) is 195 Å². The van der Waals surface area contributed by atoms with Crippen LogP contribution in [0, 0.1) is 0 Å². The molecule has 0 aliphatic rings. The third-order valence-corrected chi connectivity index (χ3v) is 29.7. The van der Waals surface area contributed by atoms with Gasteiger partial charge < -0.3 is 39.5 Å². The molecule has 0 aromatic heterocycles. The van der Waals surface area contributed by atoms with Crippen LogP contribution in [0.15, 0.2) is 36.5 Å². The van der Waals surface area contributed by atoms with Crippen LogP contribution >= 0.6 is 0 Å². The Morgan fingerprint density at radius 2 is 0.714 bits per heavy atom. The summed E-state index contributed by atoms with van der Waals surface area (Å²) in [5.41, 5.74) is 1.33. The first-order valence-electron chi connectivity index (χ1n) is 22.5. The molecular weight excluding hydrogens is 949 g/mol. The van der Waals surface area contributed by atoms with Crippen LogP contribution in [0.2, 0.25) is 149 Å². The number of rotatable bonds is 28. The lowest BCUT2D eigenvalue weighted by molar-refractivity contribution is -0.139. The summed E-state index contributed by atoms with van der Waals surface area (Å²) >= 11 is 0. The molecular formula is C42H96O12Si9. The van der Waals surface area contributed by atoms with E-state index in [0.29, 0.717) is 49.0 Å². The number of hydrogen-bond acceptors (Lipinski definition) is 12. The van der Waals surface area contributed by atoms with Crippen LogP contribution in [0.25, 0.3) is 0 Å². The molecule has 0 atom stereocenters. The van der Waals surface area contributed by atoms with Crippen molar-refractivity contribution in [3.8, 4) is 0 Å². The van der Waals surface area contributed by atoms with E-state index in [9.17, 15) is 14.4 Å². The Kier molecular flexibility index (Phi) is 31.0. The molecule has 372 valence electrons. The fourth-order valence-corrected chi connectivity index (χ4v) is 34.7. The molecule has 0 unspecified atom stereocenters.